The van der Waals surface area contributed by atoms with Crippen molar-refractivity contribution in [3.63, 3.8) is 0 Å². The molecule has 2 bridgehead atoms. The Bertz CT molecular complexity index is 1420. The van der Waals surface area contributed by atoms with Gasteiger partial charge in [-0.15, -0.1) is 0 Å². The van der Waals surface area contributed by atoms with Gasteiger partial charge in [0.15, 0.2) is 5.69 Å². The van der Waals surface area contributed by atoms with Crippen molar-refractivity contribution in [1.29, 1.82) is 0 Å². The average molecular weight is 536 g/mol. The molecule has 3 aromatic rings. The van der Waals surface area contributed by atoms with Gasteiger partial charge in [0.25, 0.3) is 5.91 Å². The highest BCUT2D eigenvalue weighted by Gasteiger charge is 2.51. The second-order valence-corrected chi connectivity index (χ2v) is 10.8. The van der Waals surface area contributed by atoms with E-state index in [-0.39, 0.29) is 41.2 Å². The average Bonchev–Trinajstić information content (AvgIpc) is 3.62. The Kier molecular flexibility index (Phi) is 6.43. The van der Waals surface area contributed by atoms with Crippen LogP contribution in [-0.4, -0.2) is 62.6 Å². The van der Waals surface area contributed by atoms with Gasteiger partial charge in [0.05, 0.1) is 5.52 Å². The maximum absolute atomic E-state index is 13.7. The van der Waals surface area contributed by atoms with Crippen LogP contribution in [0.4, 0.5) is 11.5 Å². The van der Waals surface area contributed by atoms with E-state index in [1.807, 2.05) is 18.2 Å². The third-order valence-electron chi connectivity index (χ3n) is 8.08. The number of carbonyl (C=O) groups is 3. The van der Waals surface area contributed by atoms with Gasteiger partial charge in [0.1, 0.15) is 23.6 Å². The van der Waals surface area contributed by atoms with Gasteiger partial charge in [-0.25, -0.2) is 4.98 Å². The number of hydrogen-bond donors (Lipinski definition) is 2. The Balaban J connectivity index is 1.26. The summed E-state index contributed by atoms with van der Waals surface area (Å²) in [6.07, 6.45) is 6.03. The summed E-state index contributed by atoms with van der Waals surface area (Å²) in [5, 5.41) is 8.19. The summed E-state index contributed by atoms with van der Waals surface area (Å²) < 4.78 is 1.54. The summed E-state index contributed by atoms with van der Waals surface area (Å²) in [6, 6.07) is 10.3. The molecule has 198 valence electrons. The van der Waals surface area contributed by atoms with E-state index in [4.69, 9.17) is 17.3 Å². The number of likely N-dealkylation sites (tertiary alicyclic amines) is 1. The Morgan fingerprint density at radius 2 is 1.89 bits per heavy atom. The lowest BCUT2D eigenvalue weighted by Crippen LogP contribution is -2.52. The molecule has 3 aliphatic rings. The van der Waals surface area contributed by atoms with Crippen LogP contribution in [0.3, 0.4) is 0 Å². The zero-order valence-electron chi connectivity index (χ0n) is 21.0. The highest BCUT2D eigenvalue weighted by atomic mass is 35.5. The molecule has 1 saturated carbocycles. The Morgan fingerprint density at radius 3 is 2.66 bits per heavy atom. The number of pyridine rings is 1. The van der Waals surface area contributed by atoms with Gasteiger partial charge in [-0.3, -0.25) is 19.1 Å². The quantitative estimate of drug-likeness (QED) is 0.467. The molecule has 2 saturated heterocycles. The monoisotopic (exact) mass is 535 g/mol. The SMILES string of the molecule is NC(=O)c1nn(CC(=O)N2[C@@H]3CC[C@@H](C3)[C@H]2C(=O)Nc2cccc(Cl)n2)c2ccc(N3CCCCC3)cc12. The first-order valence-corrected chi connectivity index (χ1v) is 13.6. The fourth-order valence-electron chi connectivity index (χ4n) is 6.39. The third kappa shape index (κ3) is 4.47. The first kappa shape index (κ1) is 24.7. The van der Waals surface area contributed by atoms with Gasteiger partial charge in [-0.1, -0.05) is 17.7 Å². The summed E-state index contributed by atoms with van der Waals surface area (Å²) in [4.78, 5) is 47.4. The molecule has 0 radical (unpaired) electrons. The summed E-state index contributed by atoms with van der Waals surface area (Å²) in [5.74, 6) is -0.674. The molecule has 0 spiro atoms. The molecule has 6 rings (SSSR count). The number of nitrogens with zero attached hydrogens (tertiary/aromatic N) is 5. The Hall–Kier alpha value is -3.66. The van der Waals surface area contributed by atoms with Gasteiger partial charge < -0.3 is 20.9 Å². The molecule has 3 atom stereocenters. The van der Waals surface area contributed by atoms with Gasteiger partial charge >= 0.3 is 0 Å². The van der Waals surface area contributed by atoms with Crippen molar-refractivity contribution < 1.29 is 14.4 Å². The number of aromatic nitrogens is 3. The first-order valence-electron chi connectivity index (χ1n) is 13.2. The summed E-state index contributed by atoms with van der Waals surface area (Å²) >= 11 is 5.97. The first-order chi connectivity index (χ1) is 18.4. The van der Waals surface area contributed by atoms with Crippen LogP contribution in [0.2, 0.25) is 5.15 Å². The molecule has 2 aliphatic heterocycles. The van der Waals surface area contributed by atoms with Gasteiger partial charge in [0.2, 0.25) is 11.8 Å². The van der Waals surface area contributed by atoms with Crippen LogP contribution in [0.1, 0.15) is 49.0 Å². The minimum atomic E-state index is -0.636. The third-order valence-corrected chi connectivity index (χ3v) is 8.29. The second kappa shape index (κ2) is 9.90. The molecule has 3 N–H and O–H groups in total. The molecular formula is C27H30ClN7O3. The van der Waals surface area contributed by atoms with Crippen molar-refractivity contribution in [2.45, 2.75) is 57.2 Å². The number of piperidine rings is 2. The molecule has 3 fully saturated rings. The maximum atomic E-state index is 13.7. The fourth-order valence-corrected chi connectivity index (χ4v) is 6.55. The normalized spacial score (nSPS) is 22.7. The number of anilines is 2. The van der Waals surface area contributed by atoms with Crippen LogP contribution in [0.25, 0.3) is 10.9 Å². The van der Waals surface area contributed by atoms with E-state index in [1.165, 1.54) is 11.1 Å². The van der Waals surface area contributed by atoms with E-state index in [1.54, 1.807) is 23.1 Å². The highest BCUT2D eigenvalue weighted by molar-refractivity contribution is 6.29. The molecule has 3 amide bonds. The Morgan fingerprint density at radius 1 is 1.08 bits per heavy atom. The van der Waals surface area contributed by atoms with E-state index in [0.717, 1.165) is 50.9 Å². The topological polar surface area (TPSA) is 126 Å². The predicted molar refractivity (Wildman–Crippen MR) is 144 cm³/mol. The van der Waals surface area contributed by atoms with Crippen molar-refractivity contribution in [2.75, 3.05) is 23.3 Å². The molecule has 1 aliphatic carbocycles. The van der Waals surface area contributed by atoms with Crippen LogP contribution in [0.5, 0.6) is 0 Å². The van der Waals surface area contributed by atoms with Crippen LogP contribution >= 0.6 is 11.6 Å². The molecule has 38 heavy (non-hydrogen) atoms. The lowest BCUT2D eigenvalue weighted by atomic mass is 9.97. The zero-order chi connectivity index (χ0) is 26.4. The van der Waals surface area contributed by atoms with Gasteiger partial charge in [0, 0.05) is 30.2 Å². The number of rotatable bonds is 6. The standard InChI is InChI=1S/C27H30ClN7O3/c28-21-5-4-6-22(30-21)31-27(38)25-16-7-8-18(13-16)35(25)23(36)15-34-20-10-9-17(33-11-2-1-3-12-33)14-19(20)24(32-34)26(29)37/h4-6,9-10,14,16,18,25H,1-3,7-8,11-13,15H2,(H2,29,37)(H,30,31,38)/t16-,18+,25-/m0/s1. The summed E-state index contributed by atoms with van der Waals surface area (Å²) in [6.45, 7) is 1.85. The summed E-state index contributed by atoms with van der Waals surface area (Å²) in [7, 11) is 0. The number of carbonyl (C=O) groups excluding carboxylic acids is 3. The Labute approximate surface area is 225 Å². The zero-order valence-corrected chi connectivity index (χ0v) is 21.7. The number of fused-ring (bicyclic) bond motifs is 3. The number of halogens is 1. The number of nitrogens with two attached hydrogens (primary N) is 1. The van der Waals surface area contributed by atoms with E-state index in [9.17, 15) is 14.4 Å². The van der Waals surface area contributed by atoms with E-state index in [0.29, 0.717) is 16.7 Å². The van der Waals surface area contributed by atoms with E-state index in [2.05, 4.69) is 20.3 Å². The smallest absolute Gasteiger partial charge is 0.269 e. The maximum Gasteiger partial charge on any atom is 0.269 e. The summed E-state index contributed by atoms with van der Waals surface area (Å²) in [5.41, 5.74) is 7.52. The van der Waals surface area contributed by atoms with Gasteiger partial charge in [-0.05, 0) is 74.8 Å². The minimum absolute atomic E-state index is 0.00119. The van der Waals surface area contributed by atoms with Crippen molar-refractivity contribution in [1.82, 2.24) is 19.7 Å². The lowest BCUT2D eigenvalue weighted by Gasteiger charge is -2.34. The van der Waals surface area contributed by atoms with Crippen molar-refractivity contribution >= 4 is 51.7 Å². The molecule has 2 aromatic heterocycles. The van der Waals surface area contributed by atoms with Crippen LogP contribution < -0.4 is 16.0 Å². The second-order valence-electron chi connectivity index (χ2n) is 10.4. The van der Waals surface area contributed by atoms with E-state index < -0.39 is 11.9 Å². The minimum Gasteiger partial charge on any atom is -0.372 e. The lowest BCUT2D eigenvalue weighted by molar-refractivity contribution is -0.141. The molecule has 10 nitrogen and oxygen atoms in total. The number of nitrogens with one attached hydrogen (secondary N) is 1. The fraction of sp³-hybridized carbons (Fsp3) is 0.444. The number of primary amides is 1. The molecular weight excluding hydrogens is 506 g/mol. The van der Waals surface area contributed by atoms with Gasteiger partial charge in [-0.2, -0.15) is 5.10 Å². The molecule has 11 heteroatoms. The molecule has 1 aromatic carbocycles. The largest absolute Gasteiger partial charge is 0.372 e. The molecule has 0 unspecified atom stereocenters. The van der Waals surface area contributed by atoms with Crippen molar-refractivity contribution in [2.24, 2.45) is 11.7 Å². The molecule has 4 heterocycles. The van der Waals surface area contributed by atoms with Crippen molar-refractivity contribution in [3.05, 3.63) is 47.2 Å². The van der Waals surface area contributed by atoms with Crippen LogP contribution in [0, 0.1) is 5.92 Å². The van der Waals surface area contributed by atoms with Crippen molar-refractivity contribution in [3.8, 4) is 0 Å². The van der Waals surface area contributed by atoms with Crippen LogP contribution in [0.15, 0.2) is 36.4 Å². The predicted octanol–water partition coefficient (Wildman–Crippen LogP) is 3.19. The number of amides is 3. The highest BCUT2D eigenvalue weighted by Crippen LogP contribution is 2.43. The van der Waals surface area contributed by atoms with E-state index >= 15 is 0 Å². The number of hydrogen-bond acceptors (Lipinski definition) is 6. The van der Waals surface area contributed by atoms with Crippen LogP contribution in [-0.2, 0) is 16.1 Å². The number of benzene rings is 1.